The summed E-state index contributed by atoms with van der Waals surface area (Å²) in [6.45, 7) is 4.23. The predicted molar refractivity (Wildman–Crippen MR) is 93.7 cm³/mol. The molecule has 3 aliphatic rings. The normalized spacial score (nSPS) is 27.9. The lowest BCUT2D eigenvalue weighted by molar-refractivity contribution is -0.911. The van der Waals surface area contributed by atoms with Crippen molar-refractivity contribution in [3.05, 3.63) is 23.4 Å². The number of quaternary nitrogens is 1. The molecule has 0 spiro atoms. The quantitative estimate of drug-likeness (QED) is 0.379. The Morgan fingerprint density at radius 1 is 1.48 bits per heavy atom. The van der Waals surface area contributed by atoms with Crippen molar-refractivity contribution in [3.63, 3.8) is 0 Å². The Kier molecular flexibility index (Phi) is 7.79. The number of amides is 1. The summed E-state index contributed by atoms with van der Waals surface area (Å²) in [7, 11) is 2.17. The van der Waals surface area contributed by atoms with Crippen molar-refractivity contribution in [1.82, 2.24) is 4.90 Å². The summed E-state index contributed by atoms with van der Waals surface area (Å²) in [5.41, 5.74) is 6.50. The van der Waals surface area contributed by atoms with Gasteiger partial charge in [-0.3, -0.25) is 9.69 Å². The lowest BCUT2D eigenvalue weighted by Crippen LogP contribution is -3.00. The monoisotopic (exact) mass is 411 g/mol. The second-order valence-corrected chi connectivity index (χ2v) is 7.48. The van der Waals surface area contributed by atoms with Crippen LogP contribution < -0.4 is 18.1 Å². The second-order valence-electron chi connectivity index (χ2n) is 6.38. The summed E-state index contributed by atoms with van der Waals surface area (Å²) in [6, 6.07) is -0.585. The van der Waals surface area contributed by atoms with Crippen LogP contribution in [0.2, 0.25) is 0 Å². The summed E-state index contributed by atoms with van der Waals surface area (Å²) in [6.07, 6.45) is 3.86. The molecule has 2 saturated heterocycles. The predicted octanol–water partition coefficient (Wildman–Crippen LogP) is -2.97. The fourth-order valence-electron chi connectivity index (χ4n) is 3.08. The molecule has 25 heavy (non-hydrogen) atoms. The van der Waals surface area contributed by atoms with E-state index in [1.165, 1.54) is 16.7 Å². The van der Waals surface area contributed by atoms with Crippen molar-refractivity contribution in [1.29, 1.82) is 0 Å². The number of carboxylic acids is 1. The number of nitrogens with two attached hydrogens (primary N) is 1. The summed E-state index contributed by atoms with van der Waals surface area (Å²) >= 11 is 1.52. The number of hydrogen-bond donors (Lipinski definition) is 2. The number of morpholine rings is 1. The molecule has 7 nitrogen and oxygen atoms in total. The maximum atomic E-state index is 11.9. The molecule has 0 bridgehead atoms. The number of likely N-dealkylation sites (N-methyl/N-ethyl adjacent to an activating group) is 1. The highest BCUT2D eigenvalue weighted by Crippen LogP contribution is 2.39. The molecular formula is C15H23Cl2N3O4S. The molecular weight excluding hydrogens is 389 g/mol. The number of carbonyl (C=O) groups is 2. The number of aliphatic carboxylic acids is 1. The Labute approximate surface area is 163 Å². The number of rotatable bonds is 4. The van der Waals surface area contributed by atoms with Crippen molar-refractivity contribution in [2.24, 2.45) is 5.73 Å². The number of fused-ring (bicyclic) bond motifs is 1. The van der Waals surface area contributed by atoms with Gasteiger partial charge in [-0.25, -0.2) is 4.79 Å². The maximum absolute atomic E-state index is 11.9. The van der Waals surface area contributed by atoms with Crippen LogP contribution in [0.15, 0.2) is 23.4 Å². The van der Waals surface area contributed by atoms with E-state index in [0.29, 0.717) is 11.3 Å². The molecule has 1 amide bonds. The molecule has 142 valence electrons. The van der Waals surface area contributed by atoms with Crippen LogP contribution in [0.5, 0.6) is 0 Å². The van der Waals surface area contributed by atoms with Gasteiger partial charge in [0, 0.05) is 5.75 Å². The van der Waals surface area contributed by atoms with Crippen molar-refractivity contribution in [2.45, 2.75) is 11.4 Å². The number of β-lactam (4-membered cyclic amide) rings is 1. The smallest absolute Gasteiger partial charge is 0.352 e. The molecule has 0 saturated carbocycles. The van der Waals surface area contributed by atoms with Gasteiger partial charge < -0.3 is 32.5 Å². The minimum atomic E-state index is -1.07. The van der Waals surface area contributed by atoms with E-state index < -0.39 is 12.0 Å². The van der Waals surface area contributed by atoms with Crippen molar-refractivity contribution < 1.29 is 36.3 Å². The molecule has 3 N–H and O–H groups in total. The van der Waals surface area contributed by atoms with Crippen LogP contribution in [-0.4, -0.2) is 83.4 Å². The van der Waals surface area contributed by atoms with Gasteiger partial charge in [0.15, 0.2) is 0 Å². The number of hydrogen-bond acceptors (Lipinski definition) is 5. The number of allylic oxidation sites excluding steroid dienone is 1. The standard InChI is InChI=1S/C15H21N3O4S.2ClH/c1-18(5-7-22-8-6-18)4-2-3-10-9-23-14-11(16)13(19)17(14)12(10)15(20)21;;/h2-3,11,14H,4-9,16H2,1H3;2*1H/b3-2+;;/t11-,14-;;/m1../s1. The lowest BCUT2D eigenvalue weighted by Gasteiger charge is -2.47. The summed E-state index contributed by atoms with van der Waals surface area (Å²) in [5, 5.41) is 9.24. The van der Waals surface area contributed by atoms with Crippen molar-refractivity contribution >= 4 is 36.0 Å². The van der Waals surface area contributed by atoms with Gasteiger partial charge in [0.05, 0.1) is 26.8 Å². The zero-order valence-electron chi connectivity index (χ0n) is 13.9. The van der Waals surface area contributed by atoms with Crippen LogP contribution in [0.25, 0.3) is 0 Å². The average molecular weight is 412 g/mol. The summed E-state index contributed by atoms with van der Waals surface area (Å²) in [4.78, 5) is 24.8. The molecule has 0 aromatic carbocycles. The molecule has 2 fully saturated rings. The van der Waals surface area contributed by atoms with Crippen LogP contribution in [-0.2, 0) is 14.3 Å². The van der Waals surface area contributed by atoms with Gasteiger partial charge in [-0.1, -0.05) is 6.08 Å². The number of carboxylic acid groups (broad SMARTS) is 1. The van der Waals surface area contributed by atoms with E-state index >= 15 is 0 Å². The minimum absolute atomic E-state index is 0. The highest BCUT2D eigenvalue weighted by atomic mass is 35.5. The molecule has 0 unspecified atom stereocenters. The molecule has 3 aliphatic heterocycles. The number of halogens is 2. The second kappa shape index (κ2) is 8.75. The lowest BCUT2D eigenvalue weighted by atomic mass is 10.0. The van der Waals surface area contributed by atoms with Crippen LogP contribution in [0, 0.1) is 0 Å². The zero-order chi connectivity index (χ0) is 16.6. The fraction of sp³-hybridized carbons (Fsp3) is 0.600. The van der Waals surface area contributed by atoms with E-state index in [-0.39, 0.29) is 41.8 Å². The number of thioether (sulfide) groups is 1. The summed E-state index contributed by atoms with van der Waals surface area (Å²) < 4.78 is 6.26. The first-order valence-corrected chi connectivity index (χ1v) is 8.72. The highest BCUT2D eigenvalue weighted by Gasteiger charge is 2.51. The van der Waals surface area contributed by atoms with Gasteiger partial charge in [0.1, 0.15) is 30.2 Å². The minimum Gasteiger partial charge on any atom is -1.00 e. The number of nitrogens with zero attached hydrogens (tertiary/aromatic N) is 2. The fourth-order valence-corrected chi connectivity index (χ4v) is 4.35. The van der Waals surface area contributed by atoms with E-state index in [1.54, 1.807) is 0 Å². The Hall–Kier alpha value is -0.770. The van der Waals surface area contributed by atoms with Crippen LogP contribution in [0.1, 0.15) is 0 Å². The van der Waals surface area contributed by atoms with E-state index in [0.717, 1.165) is 37.3 Å². The van der Waals surface area contributed by atoms with Crippen LogP contribution >= 0.6 is 24.2 Å². The first-order chi connectivity index (χ1) is 10.9. The summed E-state index contributed by atoms with van der Waals surface area (Å²) in [5.74, 6) is -0.813. The van der Waals surface area contributed by atoms with Gasteiger partial charge in [-0.05, 0) is 11.6 Å². The molecule has 10 heteroatoms. The Morgan fingerprint density at radius 2 is 2.12 bits per heavy atom. The maximum Gasteiger partial charge on any atom is 0.352 e. The van der Waals surface area contributed by atoms with Gasteiger partial charge in [0.2, 0.25) is 5.91 Å². The topological polar surface area (TPSA) is 92.9 Å². The van der Waals surface area contributed by atoms with E-state index in [9.17, 15) is 14.7 Å². The number of ether oxygens (including phenoxy) is 1. The SMILES string of the molecule is C[N+]1(C/C=C/C2=C(C(=O)O)N3C(=O)[C@@H](N)[C@H]3SC2)CCOCC1.Cl.[Cl-]. The zero-order valence-corrected chi connectivity index (χ0v) is 16.3. The Bertz CT molecular complexity index is 593. The molecule has 0 aromatic heterocycles. The Morgan fingerprint density at radius 3 is 2.72 bits per heavy atom. The van der Waals surface area contributed by atoms with Crippen molar-refractivity contribution in [2.75, 3.05) is 45.6 Å². The molecule has 2 atom stereocenters. The first-order valence-electron chi connectivity index (χ1n) is 7.67. The van der Waals surface area contributed by atoms with E-state index in [4.69, 9.17) is 10.5 Å². The van der Waals surface area contributed by atoms with Gasteiger partial charge >= 0.3 is 5.97 Å². The van der Waals surface area contributed by atoms with E-state index in [2.05, 4.69) is 7.05 Å². The van der Waals surface area contributed by atoms with Gasteiger partial charge in [0.25, 0.3) is 0 Å². The highest BCUT2D eigenvalue weighted by molar-refractivity contribution is 8.00. The molecule has 3 heterocycles. The number of carbonyl (C=O) groups excluding carboxylic acids is 1. The van der Waals surface area contributed by atoms with Gasteiger partial charge in [-0.15, -0.1) is 24.2 Å². The third-order valence-corrected chi connectivity index (χ3v) is 5.98. The first kappa shape index (κ1) is 22.3. The van der Waals surface area contributed by atoms with Crippen molar-refractivity contribution in [3.8, 4) is 0 Å². The van der Waals surface area contributed by atoms with Crippen LogP contribution in [0.3, 0.4) is 0 Å². The molecule has 0 radical (unpaired) electrons. The third-order valence-electron chi connectivity index (χ3n) is 4.66. The van der Waals surface area contributed by atoms with E-state index in [1.807, 2.05) is 12.2 Å². The third kappa shape index (κ3) is 4.32. The molecule has 0 aromatic rings. The molecule has 0 aliphatic carbocycles. The van der Waals surface area contributed by atoms with Crippen LogP contribution in [0.4, 0.5) is 0 Å². The molecule has 3 rings (SSSR count). The Balaban J connectivity index is 0.00000156. The average Bonchev–Trinajstić information content (AvgIpc) is 2.53. The van der Waals surface area contributed by atoms with Gasteiger partial charge in [-0.2, -0.15) is 0 Å². The largest absolute Gasteiger partial charge is 1.00 e.